The lowest BCUT2D eigenvalue weighted by atomic mass is 9.94. The van der Waals surface area contributed by atoms with E-state index in [1.165, 1.54) is 37.9 Å². The van der Waals surface area contributed by atoms with Crippen LogP contribution >= 0.6 is 12.4 Å². The number of hydrogen-bond donors (Lipinski definition) is 1. The van der Waals surface area contributed by atoms with Crippen molar-refractivity contribution >= 4 is 12.4 Å². The summed E-state index contributed by atoms with van der Waals surface area (Å²) in [7, 11) is 0. The van der Waals surface area contributed by atoms with Crippen LogP contribution in [0.25, 0.3) is 0 Å². The van der Waals surface area contributed by atoms with Crippen LogP contribution in [0.3, 0.4) is 0 Å². The average Bonchev–Trinajstić information content (AvgIpc) is 2.31. The summed E-state index contributed by atoms with van der Waals surface area (Å²) in [6, 6.07) is 4.16. The molecule has 3 nitrogen and oxygen atoms in total. The van der Waals surface area contributed by atoms with Gasteiger partial charge in [-0.25, -0.2) is 0 Å². The third-order valence-corrected chi connectivity index (χ3v) is 3.31. The van der Waals surface area contributed by atoms with Gasteiger partial charge in [0.25, 0.3) is 0 Å². The van der Waals surface area contributed by atoms with E-state index in [0.717, 1.165) is 19.0 Å². The molecule has 1 unspecified atom stereocenters. The van der Waals surface area contributed by atoms with E-state index in [1.54, 1.807) is 0 Å². The van der Waals surface area contributed by atoms with Gasteiger partial charge in [0.05, 0.1) is 0 Å². The molecule has 17 heavy (non-hydrogen) atoms. The second kappa shape index (κ2) is 7.64. The highest BCUT2D eigenvalue weighted by atomic mass is 35.5. The quantitative estimate of drug-likeness (QED) is 0.896. The van der Waals surface area contributed by atoms with E-state index >= 15 is 0 Å². The van der Waals surface area contributed by atoms with Gasteiger partial charge in [0.15, 0.2) is 0 Å². The highest BCUT2D eigenvalue weighted by Gasteiger charge is 2.18. The fraction of sp³-hybridized carbons (Fsp3) is 0.615. The summed E-state index contributed by atoms with van der Waals surface area (Å²) >= 11 is 0. The van der Waals surface area contributed by atoms with E-state index in [0.29, 0.717) is 0 Å². The van der Waals surface area contributed by atoms with Crippen molar-refractivity contribution in [1.29, 1.82) is 0 Å². The minimum Gasteiger partial charge on any atom is -0.330 e. The molecular weight excluding hydrogens is 234 g/mol. The Bertz CT molecular complexity index is 303. The Kier molecular flexibility index (Phi) is 6.48. The standard InChI is InChI=1S/C13H21N3.ClH/c14-6-5-12-4-2-8-16(10-12)11-13-3-1-7-15-9-13;/h1,3,7,9,12H,2,4-6,8,10-11,14H2;1H. The molecule has 0 aliphatic carbocycles. The van der Waals surface area contributed by atoms with Crippen LogP contribution in [0.15, 0.2) is 24.5 Å². The molecule has 4 heteroatoms. The monoisotopic (exact) mass is 255 g/mol. The van der Waals surface area contributed by atoms with E-state index in [2.05, 4.69) is 16.0 Å². The van der Waals surface area contributed by atoms with Gasteiger partial charge in [-0.3, -0.25) is 9.88 Å². The molecule has 1 aromatic rings. The molecule has 1 atom stereocenters. The van der Waals surface area contributed by atoms with Crippen molar-refractivity contribution in [3.8, 4) is 0 Å². The zero-order chi connectivity index (χ0) is 11.2. The Morgan fingerprint density at radius 3 is 3.06 bits per heavy atom. The van der Waals surface area contributed by atoms with Gasteiger partial charge in [0.2, 0.25) is 0 Å². The number of pyridine rings is 1. The number of likely N-dealkylation sites (tertiary alicyclic amines) is 1. The van der Waals surface area contributed by atoms with Gasteiger partial charge in [-0.2, -0.15) is 0 Å². The van der Waals surface area contributed by atoms with E-state index in [1.807, 2.05) is 18.5 Å². The highest BCUT2D eigenvalue weighted by Crippen LogP contribution is 2.20. The van der Waals surface area contributed by atoms with Gasteiger partial charge in [0.1, 0.15) is 0 Å². The molecule has 1 fully saturated rings. The van der Waals surface area contributed by atoms with Gasteiger partial charge in [-0.05, 0) is 49.9 Å². The molecule has 2 N–H and O–H groups in total. The average molecular weight is 256 g/mol. The molecule has 0 radical (unpaired) electrons. The van der Waals surface area contributed by atoms with Crippen LogP contribution in [0.1, 0.15) is 24.8 Å². The number of hydrogen-bond acceptors (Lipinski definition) is 3. The number of halogens is 1. The molecule has 0 aromatic carbocycles. The molecular formula is C13H22ClN3. The lowest BCUT2D eigenvalue weighted by Crippen LogP contribution is -2.35. The molecule has 1 aliphatic rings. The molecule has 96 valence electrons. The van der Waals surface area contributed by atoms with Crippen molar-refractivity contribution in [2.24, 2.45) is 11.7 Å². The summed E-state index contributed by atoms with van der Waals surface area (Å²) in [6.07, 6.45) is 7.62. The fourth-order valence-corrected chi connectivity index (χ4v) is 2.52. The van der Waals surface area contributed by atoms with Crippen LogP contribution in [-0.2, 0) is 6.54 Å². The fourth-order valence-electron chi connectivity index (χ4n) is 2.52. The first-order valence-corrected chi connectivity index (χ1v) is 6.20. The summed E-state index contributed by atoms with van der Waals surface area (Å²) in [5.41, 5.74) is 6.94. The van der Waals surface area contributed by atoms with Crippen LogP contribution < -0.4 is 5.73 Å². The van der Waals surface area contributed by atoms with Crippen molar-refractivity contribution in [2.45, 2.75) is 25.8 Å². The molecule has 0 amide bonds. The molecule has 0 saturated carbocycles. The maximum absolute atomic E-state index is 5.63. The van der Waals surface area contributed by atoms with E-state index < -0.39 is 0 Å². The van der Waals surface area contributed by atoms with Gasteiger partial charge < -0.3 is 5.73 Å². The highest BCUT2D eigenvalue weighted by molar-refractivity contribution is 5.85. The lowest BCUT2D eigenvalue weighted by molar-refractivity contribution is 0.163. The second-order valence-corrected chi connectivity index (χ2v) is 4.68. The van der Waals surface area contributed by atoms with Crippen LogP contribution in [0, 0.1) is 5.92 Å². The van der Waals surface area contributed by atoms with Crippen LogP contribution in [-0.4, -0.2) is 29.5 Å². The van der Waals surface area contributed by atoms with Gasteiger partial charge in [-0.15, -0.1) is 12.4 Å². The van der Waals surface area contributed by atoms with Crippen molar-refractivity contribution in [2.75, 3.05) is 19.6 Å². The lowest BCUT2D eigenvalue weighted by Gasteiger charge is -2.32. The first-order chi connectivity index (χ1) is 7.88. The van der Waals surface area contributed by atoms with E-state index in [9.17, 15) is 0 Å². The third-order valence-electron chi connectivity index (χ3n) is 3.31. The Morgan fingerprint density at radius 1 is 1.47 bits per heavy atom. The zero-order valence-electron chi connectivity index (χ0n) is 10.2. The second-order valence-electron chi connectivity index (χ2n) is 4.68. The van der Waals surface area contributed by atoms with Gasteiger partial charge in [0, 0.05) is 25.5 Å². The predicted octanol–water partition coefficient (Wildman–Crippen LogP) is 2.06. The number of piperidine rings is 1. The zero-order valence-corrected chi connectivity index (χ0v) is 11.0. The molecule has 2 heterocycles. The largest absolute Gasteiger partial charge is 0.330 e. The number of nitrogens with zero attached hydrogens (tertiary/aromatic N) is 2. The maximum atomic E-state index is 5.63. The van der Waals surface area contributed by atoms with E-state index in [-0.39, 0.29) is 12.4 Å². The minimum absolute atomic E-state index is 0. The Labute approximate surface area is 110 Å². The Hall–Kier alpha value is -0.640. The summed E-state index contributed by atoms with van der Waals surface area (Å²) in [5, 5.41) is 0. The predicted molar refractivity (Wildman–Crippen MR) is 73.2 cm³/mol. The molecule has 2 rings (SSSR count). The molecule has 1 saturated heterocycles. The minimum atomic E-state index is 0. The number of nitrogens with two attached hydrogens (primary N) is 1. The van der Waals surface area contributed by atoms with Gasteiger partial charge in [-0.1, -0.05) is 6.07 Å². The van der Waals surface area contributed by atoms with E-state index in [4.69, 9.17) is 5.73 Å². The van der Waals surface area contributed by atoms with Crippen LogP contribution in [0.4, 0.5) is 0 Å². The van der Waals surface area contributed by atoms with Crippen LogP contribution in [0.2, 0.25) is 0 Å². The molecule has 1 aromatic heterocycles. The summed E-state index contributed by atoms with van der Waals surface area (Å²) in [5.74, 6) is 0.801. The van der Waals surface area contributed by atoms with Gasteiger partial charge >= 0.3 is 0 Å². The maximum Gasteiger partial charge on any atom is 0.0312 e. The normalized spacial score (nSPS) is 20.9. The summed E-state index contributed by atoms with van der Waals surface area (Å²) in [4.78, 5) is 6.69. The number of aromatic nitrogens is 1. The first-order valence-electron chi connectivity index (χ1n) is 6.20. The summed E-state index contributed by atoms with van der Waals surface area (Å²) in [6.45, 7) is 4.28. The third kappa shape index (κ3) is 4.62. The first kappa shape index (κ1) is 14.4. The van der Waals surface area contributed by atoms with Crippen molar-refractivity contribution in [3.63, 3.8) is 0 Å². The van der Waals surface area contributed by atoms with Crippen molar-refractivity contribution in [1.82, 2.24) is 9.88 Å². The molecule has 1 aliphatic heterocycles. The Morgan fingerprint density at radius 2 is 2.35 bits per heavy atom. The van der Waals surface area contributed by atoms with Crippen molar-refractivity contribution < 1.29 is 0 Å². The topological polar surface area (TPSA) is 42.1 Å². The Balaban J connectivity index is 0.00000144. The van der Waals surface area contributed by atoms with Crippen molar-refractivity contribution in [3.05, 3.63) is 30.1 Å². The molecule has 0 spiro atoms. The summed E-state index contributed by atoms with van der Waals surface area (Å²) < 4.78 is 0. The smallest absolute Gasteiger partial charge is 0.0312 e. The van der Waals surface area contributed by atoms with Crippen LogP contribution in [0.5, 0.6) is 0 Å². The molecule has 0 bridgehead atoms. The SMILES string of the molecule is Cl.NCCC1CCCN(Cc2cccnc2)C1. The number of rotatable bonds is 4.